The molecule has 1 N–H and O–H groups in total. The van der Waals surface area contributed by atoms with Gasteiger partial charge < -0.3 is 4.74 Å². The summed E-state index contributed by atoms with van der Waals surface area (Å²) in [5, 5.41) is 11.0. The molecule has 2 rings (SSSR count). The first-order chi connectivity index (χ1) is 10.8. The van der Waals surface area contributed by atoms with E-state index in [0.717, 1.165) is 6.07 Å². The summed E-state index contributed by atoms with van der Waals surface area (Å²) in [4.78, 5) is 9.92. The third-order valence-electron chi connectivity index (χ3n) is 3.04. The van der Waals surface area contributed by atoms with Gasteiger partial charge in [-0.05, 0) is 39.7 Å². The van der Waals surface area contributed by atoms with Gasteiger partial charge in [0.15, 0.2) is 4.90 Å². The number of hydrogen-bond acceptors (Lipinski definition) is 5. The number of ether oxygens (including phenoxy) is 1. The number of nitrogens with zero attached hydrogens (tertiary/aromatic N) is 1. The second-order valence-electron chi connectivity index (χ2n) is 4.52. The van der Waals surface area contributed by atoms with E-state index in [1.54, 1.807) is 24.3 Å². The lowest BCUT2D eigenvalue weighted by Gasteiger charge is -2.09. The smallest absolute Gasteiger partial charge is 0.290 e. The van der Waals surface area contributed by atoms with Gasteiger partial charge in [0, 0.05) is 17.1 Å². The minimum Gasteiger partial charge on any atom is -0.497 e. The molecule has 0 unspecified atom stereocenters. The normalized spacial score (nSPS) is 11.2. The molecule has 0 atom stereocenters. The van der Waals surface area contributed by atoms with Crippen LogP contribution in [-0.4, -0.2) is 20.5 Å². The van der Waals surface area contributed by atoms with Crippen LogP contribution in [0.25, 0.3) is 0 Å². The van der Waals surface area contributed by atoms with Gasteiger partial charge >= 0.3 is 0 Å². The van der Waals surface area contributed by atoms with Crippen molar-refractivity contribution in [2.45, 2.75) is 11.4 Å². The van der Waals surface area contributed by atoms with Gasteiger partial charge in [-0.3, -0.25) is 10.1 Å². The zero-order chi connectivity index (χ0) is 17.0. The molecular weight excluding hydrogens is 388 g/mol. The van der Waals surface area contributed by atoms with Crippen LogP contribution in [0.15, 0.2) is 51.8 Å². The van der Waals surface area contributed by atoms with Crippen molar-refractivity contribution in [1.82, 2.24) is 4.72 Å². The van der Waals surface area contributed by atoms with Gasteiger partial charge in [0.1, 0.15) is 5.75 Å². The largest absolute Gasteiger partial charge is 0.497 e. The van der Waals surface area contributed by atoms with Crippen LogP contribution in [-0.2, 0) is 16.6 Å². The molecule has 0 aliphatic heterocycles. The van der Waals surface area contributed by atoms with E-state index in [1.165, 1.54) is 19.2 Å². The summed E-state index contributed by atoms with van der Waals surface area (Å²) < 4.78 is 32.3. The zero-order valence-electron chi connectivity index (χ0n) is 12.0. The fraction of sp³-hybridized carbons (Fsp3) is 0.143. The molecule has 9 heteroatoms. The SMILES string of the molecule is COc1ccc(CNS(=O)(=O)c2c(Br)cccc2[N+](=O)[O-])cc1. The molecule has 122 valence electrons. The van der Waals surface area contributed by atoms with Gasteiger partial charge in [-0.2, -0.15) is 0 Å². The summed E-state index contributed by atoms with van der Waals surface area (Å²) in [6, 6.07) is 10.8. The van der Waals surface area contributed by atoms with Gasteiger partial charge in [0.05, 0.1) is 12.0 Å². The van der Waals surface area contributed by atoms with Crippen LogP contribution in [0.5, 0.6) is 5.75 Å². The second kappa shape index (κ2) is 7.07. The molecule has 2 aromatic rings. The number of rotatable bonds is 6. The van der Waals surface area contributed by atoms with Crippen molar-refractivity contribution < 1.29 is 18.1 Å². The van der Waals surface area contributed by atoms with E-state index in [-0.39, 0.29) is 11.0 Å². The molecule has 0 aliphatic rings. The molecule has 0 aliphatic carbocycles. The highest BCUT2D eigenvalue weighted by Gasteiger charge is 2.28. The molecule has 7 nitrogen and oxygen atoms in total. The second-order valence-corrected chi connectivity index (χ2v) is 7.08. The third-order valence-corrected chi connectivity index (χ3v) is 5.45. The highest BCUT2D eigenvalue weighted by atomic mass is 79.9. The lowest BCUT2D eigenvalue weighted by molar-refractivity contribution is -0.388. The Balaban J connectivity index is 2.27. The van der Waals surface area contributed by atoms with Crippen molar-refractivity contribution in [2.24, 2.45) is 0 Å². The summed E-state index contributed by atoms with van der Waals surface area (Å²) in [7, 11) is -2.52. The average Bonchev–Trinajstić information content (AvgIpc) is 2.53. The molecule has 0 saturated heterocycles. The molecular formula is C14H13BrN2O5S. The lowest BCUT2D eigenvalue weighted by atomic mass is 10.2. The van der Waals surface area contributed by atoms with Crippen molar-refractivity contribution in [3.63, 3.8) is 0 Å². The lowest BCUT2D eigenvalue weighted by Crippen LogP contribution is -2.24. The molecule has 0 heterocycles. The van der Waals surface area contributed by atoms with Crippen LogP contribution in [0.3, 0.4) is 0 Å². The Labute approximate surface area is 141 Å². The van der Waals surface area contributed by atoms with Crippen molar-refractivity contribution in [1.29, 1.82) is 0 Å². The maximum Gasteiger partial charge on any atom is 0.290 e. The Bertz CT molecular complexity index is 822. The van der Waals surface area contributed by atoms with Gasteiger partial charge in [0.2, 0.25) is 10.0 Å². The maximum atomic E-state index is 12.4. The molecule has 0 aromatic heterocycles. The molecule has 2 aromatic carbocycles. The van der Waals surface area contributed by atoms with E-state index in [0.29, 0.717) is 11.3 Å². The topological polar surface area (TPSA) is 98.5 Å². The molecule has 0 saturated carbocycles. The van der Waals surface area contributed by atoms with Gasteiger partial charge in [-0.15, -0.1) is 0 Å². The monoisotopic (exact) mass is 400 g/mol. The minimum atomic E-state index is -4.05. The quantitative estimate of drug-likeness (QED) is 0.593. The van der Waals surface area contributed by atoms with Crippen LogP contribution >= 0.6 is 15.9 Å². The minimum absolute atomic E-state index is 0.00478. The average molecular weight is 401 g/mol. The molecule has 0 fully saturated rings. The molecule has 0 bridgehead atoms. The first-order valence-electron chi connectivity index (χ1n) is 6.40. The van der Waals surface area contributed by atoms with Crippen LogP contribution in [0, 0.1) is 10.1 Å². The summed E-state index contributed by atoms with van der Waals surface area (Å²) in [5.41, 5.74) is 0.214. The molecule has 23 heavy (non-hydrogen) atoms. The van der Waals surface area contributed by atoms with E-state index >= 15 is 0 Å². The van der Waals surface area contributed by atoms with Crippen molar-refractivity contribution in [2.75, 3.05) is 7.11 Å². The standard InChI is InChI=1S/C14H13BrN2O5S/c1-22-11-7-5-10(6-8-11)9-16-23(20,21)14-12(15)3-2-4-13(14)17(18)19/h2-8,16H,9H2,1H3. The number of nitrogens with one attached hydrogen (secondary N) is 1. The Morgan fingerprint density at radius 3 is 2.43 bits per heavy atom. The summed E-state index contributed by atoms with van der Waals surface area (Å²) in [6.45, 7) is 0.00478. The molecule has 0 spiro atoms. The van der Waals surface area contributed by atoms with E-state index in [2.05, 4.69) is 20.7 Å². The fourth-order valence-electron chi connectivity index (χ4n) is 1.90. The number of benzene rings is 2. The third kappa shape index (κ3) is 4.06. The van der Waals surface area contributed by atoms with Crippen LogP contribution < -0.4 is 9.46 Å². The first-order valence-corrected chi connectivity index (χ1v) is 8.68. The number of hydrogen-bond donors (Lipinski definition) is 1. The van der Waals surface area contributed by atoms with Crippen LogP contribution in [0.4, 0.5) is 5.69 Å². The van der Waals surface area contributed by atoms with Crippen molar-refractivity contribution in [3.05, 3.63) is 62.6 Å². The summed E-state index contributed by atoms with van der Waals surface area (Å²) in [5.74, 6) is 0.651. The highest BCUT2D eigenvalue weighted by molar-refractivity contribution is 9.10. The number of halogens is 1. The van der Waals surface area contributed by atoms with Gasteiger partial charge in [-0.25, -0.2) is 13.1 Å². The summed E-state index contributed by atoms with van der Waals surface area (Å²) in [6.07, 6.45) is 0. The molecule has 0 amide bonds. The highest BCUT2D eigenvalue weighted by Crippen LogP contribution is 2.31. The molecule has 0 radical (unpaired) electrons. The maximum absolute atomic E-state index is 12.4. The Hall–Kier alpha value is -1.97. The number of nitro benzene ring substituents is 1. The number of methoxy groups -OCH3 is 1. The Morgan fingerprint density at radius 1 is 1.22 bits per heavy atom. The van der Waals surface area contributed by atoms with E-state index in [4.69, 9.17) is 4.74 Å². The summed E-state index contributed by atoms with van der Waals surface area (Å²) >= 11 is 3.06. The van der Waals surface area contributed by atoms with E-state index in [1.807, 2.05) is 0 Å². The number of nitro groups is 1. The van der Waals surface area contributed by atoms with Crippen LogP contribution in [0.2, 0.25) is 0 Å². The number of sulfonamides is 1. The van der Waals surface area contributed by atoms with Crippen molar-refractivity contribution in [3.8, 4) is 5.75 Å². The van der Waals surface area contributed by atoms with E-state index in [9.17, 15) is 18.5 Å². The predicted octanol–water partition coefficient (Wildman–Crippen LogP) is 2.84. The predicted molar refractivity (Wildman–Crippen MR) is 87.8 cm³/mol. The fourth-order valence-corrected chi connectivity index (χ4v) is 4.14. The Kier molecular flexibility index (Phi) is 5.34. The van der Waals surface area contributed by atoms with Crippen LogP contribution in [0.1, 0.15) is 5.56 Å². The van der Waals surface area contributed by atoms with E-state index < -0.39 is 25.5 Å². The zero-order valence-corrected chi connectivity index (χ0v) is 14.4. The van der Waals surface area contributed by atoms with Gasteiger partial charge in [-0.1, -0.05) is 18.2 Å². The van der Waals surface area contributed by atoms with Gasteiger partial charge in [0.25, 0.3) is 5.69 Å². The van der Waals surface area contributed by atoms with Crippen molar-refractivity contribution >= 4 is 31.6 Å². The first kappa shape index (κ1) is 17.4. The Morgan fingerprint density at radius 2 is 1.87 bits per heavy atom.